The van der Waals surface area contributed by atoms with Gasteiger partial charge in [-0.3, -0.25) is 4.79 Å². The van der Waals surface area contributed by atoms with Crippen LogP contribution in [0.5, 0.6) is 0 Å². The van der Waals surface area contributed by atoms with Gasteiger partial charge in [0.05, 0.1) is 25.4 Å². The van der Waals surface area contributed by atoms with E-state index < -0.39 is 49.5 Å². The van der Waals surface area contributed by atoms with E-state index in [-0.39, 0.29) is 12.5 Å². The quantitative estimate of drug-likeness (QED) is 0.0261. The van der Waals surface area contributed by atoms with E-state index in [1.165, 1.54) is 116 Å². The number of rotatable bonds is 56. The van der Waals surface area contributed by atoms with Crippen molar-refractivity contribution in [3.05, 3.63) is 122 Å². The molecule has 1 heterocycles. The number of aliphatic hydroxyl groups is 5. The van der Waals surface area contributed by atoms with Gasteiger partial charge in [-0.2, -0.15) is 0 Å². The van der Waals surface area contributed by atoms with E-state index in [0.717, 1.165) is 128 Å². The summed E-state index contributed by atoms with van der Waals surface area (Å²) in [6.07, 6.45) is 82.4. The summed E-state index contributed by atoms with van der Waals surface area (Å²) in [7, 11) is 0. The monoisotopic (exact) mass is 1130 g/mol. The van der Waals surface area contributed by atoms with Crippen LogP contribution in [0, 0.1) is 0 Å². The lowest BCUT2D eigenvalue weighted by Gasteiger charge is -2.40. The van der Waals surface area contributed by atoms with E-state index in [1.54, 1.807) is 0 Å². The number of unbranched alkanes of at least 4 members (excludes halogenated alkanes) is 26. The summed E-state index contributed by atoms with van der Waals surface area (Å²) in [6.45, 7) is 3.73. The topological polar surface area (TPSA) is 149 Å². The minimum atomic E-state index is -1.56. The minimum Gasteiger partial charge on any atom is -0.394 e. The van der Waals surface area contributed by atoms with Crippen molar-refractivity contribution < 1.29 is 39.8 Å². The molecule has 7 unspecified atom stereocenters. The van der Waals surface area contributed by atoms with Gasteiger partial charge in [0.15, 0.2) is 6.29 Å². The third kappa shape index (κ3) is 48.6. The van der Waals surface area contributed by atoms with Crippen LogP contribution in [0.2, 0.25) is 0 Å². The van der Waals surface area contributed by atoms with Crippen molar-refractivity contribution in [2.24, 2.45) is 0 Å². The van der Waals surface area contributed by atoms with E-state index in [0.29, 0.717) is 12.8 Å². The van der Waals surface area contributed by atoms with Crippen molar-refractivity contribution in [3.63, 3.8) is 0 Å². The Bertz CT molecular complexity index is 1690. The molecule has 0 aromatic rings. The summed E-state index contributed by atoms with van der Waals surface area (Å²) in [5, 5.41) is 54.8. The van der Waals surface area contributed by atoms with Crippen LogP contribution in [0.25, 0.3) is 0 Å². The average molecular weight is 1130 g/mol. The van der Waals surface area contributed by atoms with Gasteiger partial charge in [0.25, 0.3) is 0 Å². The molecule has 0 bridgehead atoms. The summed E-state index contributed by atoms with van der Waals surface area (Å²) in [6, 6.07) is -0.737. The second-order valence-corrected chi connectivity index (χ2v) is 22.5. The largest absolute Gasteiger partial charge is 0.394 e. The molecule has 1 amide bonds. The number of carbonyl (C=O) groups is 1. The van der Waals surface area contributed by atoms with Crippen LogP contribution in [-0.4, -0.2) is 87.5 Å². The first kappa shape index (κ1) is 75.6. The second-order valence-electron chi connectivity index (χ2n) is 22.5. The highest BCUT2D eigenvalue weighted by Crippen LogP contribution is 2.23. The van der Waals surface area contributed by atoms with Gasteiger partial charge in [0.2, 0.25) is 5.91 Å². The molecule has 81 heavy (non-hydrogen) atoms. The lowest BCUT2D eigenvalue weighted by atomic mass is 9.99. The lowest BCUT2D eigenvalue weighted by Crippen LogP contribution is -2.60. The summed E-state index contributed by atoms with van der Waals surface area (Å²) in [5.74, 6) is -0.161. The maximum atomic E-state index is 13.1. The summed E-state index contributed by atoms with van der Waals surface area (Å²) < 4.78 is 11.3. The van der Waals surface area contributed by atoms with Gasteiger partial charge < -0.3 is 40.3 Å². The van der Waals surface area contributed by atoms with Crippen LogP contribution in [-0.2, 0) is 14.3 Å². The molecule has 0 aliphatic carbocycles. The van der Waals surface area contributed by atoms with Crippen LogP contribution < -0.4 is 5.32 Å². The molecular weight excluding hydrogens is 1010 g/mol. The molecule has 6 N–H and O–H groups in total. The average Bonchev–Trinajstić information content (AvgIpc) is 3.49. The summed E-state index contributed by atoms with van der Waals surface area (Å²) in [5.41, 5.74) is 0. The van der Waals surface area contributed by atoms with E-state index in [9.17, 15) is 30.3 Å². The fourth-order valence-corrected chi connectivity index (χ4v) is 9.90. The molecule has 9 nitrogen and oxygen atoms in total. The van der Waals surface area contributed by atoms with Crippen LogP contribution in [0.4, 0.5) is 0 Å². The lowest BCUT2D eigenvalue weighted by molar-refractivity contribution is -0.302. The van der Waals surface area contributed by atoms with Crippen LogP contribution in [0.15, 0.2) is 122 Å². The minimum absolute atomic E-state index is 0.150. The van der Waals surface area contributed by atoms with Crippen LogP contribution in [0.1, 0.15) is 271 Å². The SMILES string of the molecule is CC/C=C\C/C=C\C/C=C\C/C=C\C/C=C\C/C=C\C/C=C\C/C=C\C/C=C\C/C=C\CCCCCCCCC(=O)NC(COC1OC(CO)C(O)C(O)C1O)C(O)CCCCCCCCCCCCCCCCCCCCCCC. The van der Waals surface area contributed by atoms with Crippen LogP contribution in [0.3, 0.4) is 0 Å². The molecule has 1 aliphatic heterocycles. The standard InChI is InChI=1S/C72H123NO8/c1-3-5-7-9-11-13-15-17-19-21-23-25-26-27-28-29-30-31-32-33-34-35-36-37-38-39-40-42-44-46-48-50-52-54-56-58-60-62-68(76)73-65(64-80-72-71(79)70(78)69(77)67(63-74)81-72)66(75)61-59-57-55-53-51-49-47-45-43-41-24-22-20-18-16-14-12-10-8-6-4-2/h5,7,11,13,17,19,23,25,27-28,30-31,33-34,36-37,39-40,44,46,65-67,69-72,74-75,77-79H,3-4,6,8-10,12,14-16,18,20-22,24,26,29,32,35,38,41-43,45,47-64H2,1-2H3,(H,73,76)/b7-5-,13-11-,19-17-,25-23-,28-27-,31-30-,34-33-,37-36-,40-39-,46-44-. The fourth-order valence-electron chi connectivity index (χ4n) is 9.90. The number of amides is 1. The highest BCUT2D eigenvalue weighted by Gasteiger charge is 2.44. The van der Waals surface area contributed by atoms with Gasteiger partial charge in [-0.15, -0.1) is 0 Å². The van der Waals surface area contributed by atoms with Crippen molar-refractivity contribution in [1.82, 2.24) is 5.32 Å². The Balaban J connectivity index is 2.18. The van der Waals surface area contributed by atoms with Gasteiger partial charge in [-0.05, 0) is 89.9 Å². The van der Waals surface area contributed by atoms with Crippen molar-refractivity contribution in [2.45, 2.75) is 314 Å². The Morgan fingerprint density at radius 1 is 0.432 bits per heavy atom. The van der Waals surface area contributed by atoms with Gasteiger partial charge in [0.1, 0.15) is 24.4 Å². The first-order valence-electron chi connectivity index (χ1n) is 33.2. The molecule has 0 spiro atoms. The van der Waals surface area contributed by atoms with E-state index in [2.05, 4.69) is 141 Å². The first-order valence-corrected chi connectivity index (χ1v) is 33.2. The zero-order valence-corrected chi connectivity index (χ0v) is 51.7. The van der Waals surface area contributed by atoms with Gasteiger partial charge in [0, 0.05) is 6.42 Å². The van der Waals surface area contributed by atoms with Gasteiger partial charge in [-0.25, -0.2) is 0 Å². The number of aliphatic hydroxyl groups excluding tert-OH is 5. The van der Waals surface area contributed by atoms with Crippen molar-refractivity contribution in [2.75, 3.05) is 13.2 Å². The summed E-state index contributed by atoms with van der Waals surface area (Å²) >= 11 is 0. The fraction of sp³-hybridized carbons (Fsp3) is 0.708. The molecule has 464 valence electrons. The Morgan fingerprint density at radius 3 is 1.14 bits per heavy atom. The Kier molecular flexibility index (Phi) is 55.8. The number of carbonyl (C=O) groups excluding carboxylic acids is 1. The molecule has 0 aromatic carbocycles. The molecule has 1 saturated heterocycles. The van der Waals surface area contributed by atoms with Crippen molar-refractivity contribution in [3.8, 4) is 0 Å². The molecule has 1 aliphatic rings. The summed E-state index contributed by atoms with van der Waals surface area (Å²) in [4.78, 5) is 13.1. The molecule has 0 radical (unpaired) electrons. The zero-order valence-electron chi connectivity index (χ0n) is 51.7. The molecule has 1 rings (SSSR count). The number of hydrogen-bond acceptors (Lipinski definition) is 8. The van der Waals surface area contributed by atoms with Crippen LogP contribution >= 0.6 is 0 Å². The highest BCUT2D eigenvalue weighted by atomic mass is 16.7. The smallest absolute Gasteiger partial charge is 0.220 e. The number of nitrogens with one attached hydrogen (secondary N) is 1. The maximum absolute atomic E-state index is 13.1. The number of ether oxygens (including phenoxy) is 2. The van der Waals surface area contributed by atoms with Gasteiger partial charge in [-0.1, -0.05) is 296 Å². The van der Waals surface area contributed by atoms with E-state index in [4.69, 9.17) is 9.47 Å². The predicted molar refractivity (Wildman–Crippen MR) is 345 cm³/mol. The molecule has 0 saturated carbocycles. The highest BCUT2D eigenvalue weighted by molar-refractivity contribution is 5.76. The molecule has 9 heteroatoms. The first-order chi connectivity index (χ1) is 39.8. The number of allylic oxidation sites excluding steroid dienone is 20. The Hall–Kier alpha value is -3.41. The zero-order chi connectivity index (χ0) is 58.6. The normalized spacial score (nSPS) is 19.2. The molecule has 7 atom stereocenters. The van der Waals surface area contributed by atoms with E-state index >= 15 is 0 Å². The molecule has 0 aromatic heterocycles. The van der Waals surface area contributed by atoms with E-state index in [1.807, 2.05) is 0 Å². The van der Waals surface area contributed by atoms with Gasteiger partial charge >= 0.3 is 0 Å². The Labute approximate surface area is 497 Å². The number of hydrogen-bond donors (Lipinski definition) is 6. The third-order valence-electron chi connectivity index (χ3n) is 15.1. The predicted octanol–water partition coefficient (Wildman–Crippen LogP) is 17.9. The second kappa shape index (κ2) is 59.7. The van der Waals surface area contributed by atoms with Crippen molar-refractivity contribution >= 4 is 5.91 Å². The Morgan fingerprint density at radius 2 is 0.765 bits per heavy atom. The van der Waals surface area contributed by atoms with Crippen molar-refractivity contribution in [1.29, 1.82) is 0 Å². The molecular formula is C72H123NO8. The third-order valence-corrected chi connectivity index (χ3v) is 15.1. The maximum Gasteiger partial charge on any atom is 0.220 e. The molecule has 1 fully saturated rings.